The second-order valence-electron chi connectivity index (χ2n) is 4.37. The van der Waals surface area contributed by atoms with Gasteiger partial charge in [-0.05, 0) is 38.6 Å². The summed E-state index contributed by atoms with van der Waals surface area (Å²) in [4.78, 5) is 0. The van der Waals surface area contributed by atoms with Crippen molar-refractivity contribution in [2.24, 2.45) is 11.8 Å². The fourth-order valence-corrected chi connectivity index (χ4v) is 2.58. The molecule has 0 saturated heterocycles. The molecule has 1 aliphatic carbocycles. The monoisotopic (exact) mass is 185 g/mol. The number of rotatable bonds is 3. The summed E-state index contributed by atoms with van der Waals surface area (Å²) in [6.45, 7) is 7.56. The van der Waals surface area contributed by atoms with Crippen LogP contribution in [0.1, 0.15) is 33.6 Å². The molecule has 0 spiro atoms. The van der Waals surface area contributed by atoms with Gasteiger partial charge in [-0.15, -0.1) is 0 Å². The lowest BCUT2D eigenvalue weighted by Crippen LogP contribution is -2.48. The number of likely N-dealkylation sites (N-methyl/N-ethyl adjacent to an activating group) is 1. The first-order valence-corrected chi connectivity index (χ1v) is 5.47. The van der Waals surface area contributed by atoms with Gasteiger partial charge in [-0.3, -0.25) is 0 Å². The summed E-state index contributed by atoms with van der Waals surface area (Å²) in [7, 11) is 2.04. The van der Waals surface area contributed by atoms with Gasteiger partial charge >= 0.3 is 0 Å². The van der Waals surface area contributed by atoms with E-state index in [1.54, 1.807) is 0 Å². The van der Waals surface area contributed by atoms with Crippen LogP contribution in [-0.4, -0.2) is 25.8 Å². The molecule has 0 bridgehead atoms. The Balaban J connectivity index is 2.55. The van der Waals surface area contributed by atoms with Gasteiger partial charge in [0.25, 0.3) is 0 Å². The van der Waals surface area contributed by atoms with E-state index in [1.165, 1.54) is 12.8 Å². The van der Waals surface area contributed by atoms with Crippen LogP contribution in [0.3, 0.4) is 0 Å². The van der Waals surface area contributed by atoms with Crippen LogP contribution in [0.15, 0.2) is 0 Å². The lowest BCUT2D eigenvalue weighted by Gasteiger charge is -2.39. The van der Waals surface area contributed by atoms with Crippen molar-refractivity contribution < 1.29 is 4.74 Å². The third kappa shape index (κ3) is 2.68. The van der Waals surface area contributed by atoms with E-state index in [4.69, 9.17) is 4.74 Å². The van der Waals surface area contributed by atoms with Crippen LogP contribution in [0, 0.1) is 11.8 Å². The molecule has 0 amide bonds. The Morgan fingerprint density at radius 3 is 2.54 bits per heavy atom. The summed E-state index contributed by atoms with van der Waals surface area (Å²) in [6, 6.07) is 0.554. The highest BCUT2D eigenvalue weighted by Gasteiger charge is 2.33. The van der Waals surface area contributed by atoms with Gasteiger partial charge in [0, 0.05) is 12.6 Å². The summed E-state index contributed by atoms with van der Waals surface area (Å²) in [5.41, 5.74) is 0. The van der Waals surface area contributed by atoms with Crippen LogP contribution >= 0.6 is 0 Å². The number of hydrogen-bond donors (Lipinski definition) is 1. The van der Waals surface area contributed by atoms with Gasteiger partial charge in [0.15, 0.2) is 0 Å². The van der Waals surface area contributed by atoms with Crippen LogP contribution in [0.2, 0.25) is 0 Å². The molecule has 2 nitrogen and oxygen atoms in total. The summed E-state index contributed by atoms with van der Waals surface area (Å²) in [5, 5.41) is 3.37. The molecule has 0 aromatic carbocycles. The predicted octanol–water partition coefficient (Wildman–Crippen LogP) is 2.05. The summed E-state index contributed by atoms with van der Waals surface area (Å²) < 4.78 is 5.78. The number of ether oxygens (including phenoxy) is 1. The van der Waals surface area contributed by atoms with Gasteiger partial charge < -0.3 is 10.1 Å². The first kappa shape index (κ1) is 11.0. The molecule has 0 heterocycles. The van der Waals surface area contributed by atoms with Crippen LogP contribution in [0.25, 0.3) is 0 Å². The molecule has 2 heteroatoms. The standard InChI is InChI=1S/C11H23NO/c1-5-13-11-9(3)6-8(2)7-10(11)12-4/h8-12H,5-7H2,1-4H3. The molecule has 4 atom stereocenters. The first-order valence-electron chi connectivity index (χ1n) is 5.47. The second-order valence-corrected chi connectivity index (χ2v) is 4.37. The molecule has 1 rings (SSSR count). The fraction of sp³-hybridized carbons (Fsp3) is 1.00. The Hall–Kier alpha value is -0.0800. The Morgan fingerprint density at radius 2 is 2.00 bits per heavy atom. The van der Waals surface area contributed by atoms with Gasteiger partial charge in [0.1, 0.15) is 0 Å². The molecule has 0 aromatic heterocycles. The predicted molar refractivity (Wildman–Crippen MR) is 55.8 cm³/mol. The van der Waals surface area contributed by atoms with Crippen LogP contribution in [0.4, 0.5) is 0 Å². The molecule has 0 aromatic rings. The van der Waals surface area contributed by atoms with Gasteiger partial charge in [-0.25, -0.2) is 0 Å². The topological polar surface area (TPSA) is 21.3 Å². The third-order valence-corrected chi connectivity index (χ3v) is 3.12. The quantitative estimate of drug-likeness (QED) is 0.726. The van der Waals surface area contributed by atoms with Crippen molar-refractivity contribution in [3.8, 4) is 0 Å². The lowest BCUT2D eigenvalue weighted by atomic mass is 9.78. The van der Waals surface area contributed by atoms with E-state index in [0.717, 1.165) is 12.5 Å². The molecule has 0 radical (unpaired) electrons. The zero-order valence-corrected chi connectivity index (χ0v) is 9.34. The molecular formula is C11H23NO. The van der Waals surface area contributed by atoms with Crippen molar-refractivity contribution in [3.63, 3.8) is 0 Å². The SMILES string of the molecule is CCOC1C(C)CC(C)CC1NC. The Morgan fingerprint density at radius 1 is 1.31 bits per heavy atom. The molecule has 1 saturated carbocycles. The van der Waals surface area contributed by atoms with Gasteiger partial charge in [0.2, 0.25) is 0 Å². The Kier molecular flexibility index (Phi) is 4.20. The molecule has 13 heavy (non-hydrogen) atoms. The van der Waals surface area contributed by atoms with E-state index in [1.807, 2.05) is 7.05 Å². The lowest BCUT2D eigenvalue weighted by molar-refractivity contribution is -0.0303. The second kappa shape index (κ2) is 4.97. The smallest absolute Gasteiger partial charge is 0.0753 e. The highest BCUT2D eigenvalue weighted by Crippen LogP contribution is 2.30. The zero-order chi connectivity index (χ0) is 9.84. The van der Waals surface area contributed by atoms with Crippen molar-refractivity contribution in [2.75, 3.05) is 13.7 Å². The van der Waals surface area contributed by atoms with Crippen molar-refractivity contribution in [3.05, 3.63) is 0 Å². The van der Waals surface area contributed by atoms with E-state index in [0.29, 0.717) is 18.1 Å². The highest BCUT2D eigenvalue weighted by molar-refractivity contribution is 4.87. The maximum Gasteiger partial charge on any atom is 0.0753 e. The minimum Gasteiger partial charge on any atom is -0.377 e. The first-order chi connectivity index (χ1) is 6.19. The average Bonchev–Trinajstić information content (AvgIpc) is 2.09. The maximum atomic E-state index is 5.78. The molecule has 4 unspecified atom stereocenters. The van der Waals surface area contributed by atoms with Crippen LogP contribution in [0.5, 0.6) is 0 Å². The Bertz CT molecular complexity index is 149. The zero-order valence-electron chi connectivity index (χ0n) is 9.34. The van der Waals surface area contributed by atoms with Crippen LogP contribution < -0.4 is 5.32 Å². The third-order valence-electron chi connectivity index (χ3n) is 3.12. The van der Waals surface area contributed by atoms with E-state index in [-0.39, 0.29) is 0 Å². The fourth-order valence-electron chi connectivity index (χ4n) is 2.58. The molecule has 1 aliphatic rings. The van der Waals surface area contributed by atoms with Gasteiger partial charge in [0.05, 0.1) is 6.10 Å². The van der Waals surface area contributed by atoms with Crippen LogP contribution in [-0.2, 0) is 4.74 Å². The highest BCUT2D eigenvalue weighted by atomic mass is 16.5. The van der Waals surface area contributed by atoms with Gasteiger partial charge in [-0.2, -0.15) is 0 Å². The Labute approximate surface area is 82.0 Å². The molecule has 1 N–H and O–H groups in total. The van der Waals surface area contributed by atoms with E-state index >= 15 is 0 Å². The normalized spacial score (nSPS) is 40.6. The summed E-state index contributed by atoms with van der Waals surface area (Å²) in [5.74, 6) is 1.53. The van der Waals surface area contributed by atoms with Crippen molar-refractivity contribution >= 4 is 0 Å². The van der Waals surface area contributed by atoms with Crippen molar-refractivity contribution in [1.29, 1.82) is 0 Å². The van der Waals surface area contributed by atoms with E-state index in [9.17, 15) is 0 Å². The summed E-state index contributed by atoms with van der Waals surface area (Å²) in [6.07, 6.45) is 2.99. The van der Waals surface area contributed by atoms with E-state index in [2.05, 4.69) is 26.1 Å². The van der Waals surface area contributed by atoms with Gasteiger partial charge in [-0.1, -0.05) is 13.8 Å². The molecular weight excluding hydrogens is 162 g/mol. The number of nitrogens with one attached hydrogen (secondary N) is 1. The molecule has 1 fully saturated rings. The largest absolute Gasteiger partial charge is 0.377 e. The minimum atomic E-state index is 0.422. The van der Waals surface area contributed by atoms with Crippen molar-refractivity contribution in [2.45, 2.75) is 45.8 Å². The maximum absolute atomic E-state index is 5.78. The minimum absolute atomic E-state index is 0.422. The number of hydrogen-bond acceptors (Lipinski definition) is 2. The van der Waals surface area contributed by atoms with Crippen molar-refractivity contribution in [1.82, 2.24) is 5.32 Å². The summed E-state index contributed by atoms with van der Waals surface area (Å²) >= 11 is 0. The molecule has 0 aliphatic heterocycles. The molecule has 78 valence electrons. The average molecular weight is 185 g/mol. The van der Waals surface area contributed by atoms with E-state index < -0.39 is 0 Å².